The molecule has 2 aromatic rings. The zero-order chi connectivity index (χ0) is 16.5. The van der Waals surface area contributed by atoms with Gasteiger partial charge < -0.3 is 0 Å². The van der Waals surface area contributed by atoms with Crippen molar-refractivity contribution >= 4 is 16.9 Å². The summed E-state index contributed by atoms with van der Waals surface area (Å²) in [5, 5.41) is 8.69. The molecule has 0 saturated carbocycles. The first kappa shape index (κ1) is 18.0. The normalized spacial score (nSPS) is 10.5. The Hall–Kier alpha value is -1.36. The molecule has 3 nitrogen and oxygen atoms in total. The van der Waals surface area contributed by atoms with E-state index in [9.17, 15) is 4.79 Å². The van der Waals surface area contributed by atoms with Crippen LogP contribution >= 0.6 is 11.8 Å². The summed E-state index contributed by atoms with van der Waals surface area (Å²) < 4.78 is 2.69. The van der Waals surface area contributed by atoms with Gasteiger partial charge in [0.15, 0.2) is 7.14 Å². The lowest BCUT2D eigenvalue weighted by molar-refractivity contribution is -0.597. The first-order valence-corrected chi connectivity index (χ1v) is 10.4. The molecule has 118 valence electrons. The molecule has 0 aliphatic heterocycles. The van der Waals surface area contributed by atoms with Crippen LogP contribution in [0.4, 0.5) is 0 Å². The maximum Gasteiger partial charge on any atom is 0.357 e. The molecule has 2 rings (SSSR count). The van der Waals surface area contributed by atoms with Crippen molar-refractivity contribution in [3.05, 3.63) is 67.3 Å². The minimum absolute atomic E-state index is 0.0971. The van der Waals surface area contributed by atoms with Crippen LogP contribution in [0, 0.1) is 18.5 Å². The number of halogens is 1. The highest BCUT2D eigenvalue weighted by Crippen LogP contribution is 2.11. The summed E-state index contributed by atoms with van der Waals surface area (Å²) in [7, 11) is 1.89. The van der Waals surface area contributed by atoms with E-state index in [-0.39, 0.29) is 26.3 Å². The van der Waals surface area contributed by atoms with Gasteiger partial charge in [0.2, 0.25) is 5.12 Å². The highest BCUT2D eigenvalue weighted by atomic mass is 127. The van der Waals surface area contributed by atoms with Crippen molar-refractivity contribution in [2.75, 3.05) is 25.9 Å². The highest BCUT2D eigenvalue weighted by Gasteiger charge is 2.15. The first-order chi connectivity index (χ1) is 11.2. The maximum absolute atomic E-state index is 12.1. The molecule has 0 aliphatic rings. The molecule has 0 saturated heterocycles. The molecule has 0 N–H and O–H groups in total. The van der Waals surface area contributed by atoms with E-state index < -0.39 is 0 Å². The van der Waals surface area contributed by atoms with Crippen LogP contribution in [0.15, 0.2) is 54.6 Å². The van der Waals surface area contributed by atoms with Crippen LogP contribution in [0.2, 0.25) is 0 Å². The van der Waals surface area contributed by atoms with Gasteiger partial charge in [0.1, 0.15) is 0 Å². The summed E-state index contributed by atoms with van der Waals surface area (Å²) >= 11 is 1.13. The zero-order valence-corrected chi connectivity index (χ0v) is 15.9. The van der Waals surface area contributed by atoms with Gasteiger partial charge >= 0.3 is 21.2 Å². The van der Waals surface area contributed by atoms with E-state index in [1.165, 1.54) is 18.9 Å². The van der Waals surface area contributed by atoms with E-state index in [0.717, 1.165) is 12.1 Å². The molecular weight excluding hydrogens is 419 g/mol. The van der Waals surface area contributed by atoms with Crippen LogP contribution in [-0.2, 0) is 0 Å². The molecule has 0 bridgehead atoms. The van der Waals surface area contributed by atoms with Gasteiger partial charge in [-0.2, -0.15) is 5.26 Å². The number of rotatable bonds is 7. The Kier molecular flexibility index (Phi) is 7.59. The lowest BCUT2D eigenvalue weighted by Gasteiger charge is -2.10. The van der Waals surface area contributed by atoms with Gasteiger partial charge in [-0.15, -0.1) is 0 Å². The van der Waals surface area contributed by atoms with Gasteiger partial charge in [0.25, 0.3) is 0 Å². The van der Waals surface area contributed by atoms with E-state index >= 15 is 0 Å². The predicted octanol–water partition coefficient (Wildman–Crippen LogP) is 0.144. The molecule has 0 fully saturated rings. The highest BCUT2D eigenvalue weighted by molar-refractivity contribution is 8.14. The third-order valence-corrected chi connectivity index (χ3v) is 6.65. The summed E-state index contributed by atoms with van der Waals surface area (Å²) in [6.45, 7) is 1.13. The molecule has 0 amide bonds. The topological polar surface area (TPSA) is 44.1 Å². The van der Waals surface area contributed by atoms with Crippen molar-refractivity contribution in [2.24, 2.45) is 0 Å². The number of hydrogen-bond donors (Lipinski definition) is 0. The minimum atomic E-state index is -0.184. The van der Waals surface area contributed by atoms with Crippen LogP contribution in [0.1, 0.15) is 10.4 Å². The maximum atomic E-state index is 12.1. The number of carbonyl (C=O) groups excluding carboxylic acids is 1. The van der Waals surface area contributed by atoms with Crippen molar-refractivity contribution in [1.29, 1.82) is 5.26 Å². The van der Waals surface area contributed by atoms with Crippen molar-refractivity contribution < 1.29 is 26.0 Å². The molecule has 0 aromatic heterocycles. The Morgan fingerprint density at radius 1 is 1.13 bits per heavy atom. The Morgan fingerprint density at radius 3 is 2.43 bits per heavy atom. The van der Waals surface area contributed by atoms with Gasteiger partial charge in [0, 0.05) is 17.9 Å². The first-order valence-electron chi connectivity index (χ1n) is 7.21. The Bertz CT molecular complexity index is 668. The largest absolute Gasteiger partial charge is 0.357 e. The standard InChI is InChI=1S/C18H18IN2OS/c1-21(12-11-20)13-14-23-18(22)15-7-9-17(10-8-15)19-16-5-3-2-4-6-16/h2-10H,12-14H2,1H3/q+1. The smallest absolute Gasteiger partial charge is 0.293 e. The summed E-state index contributed by atoms with van der Waals surface area (Å²) in [6, 6.07) is 20.5. The van der Waals surface area contributed by atoms with E-state index in [4.69, 9.17) is 5.26 Å². The second-order valence-electron chi connectivity index (χ2n) is 4.93. The van der Waals surface area contributed by atoms with E-state index in [1.807, 2.05) is 30.1 Å². The van der Waals surface area contributed by atoms with E-state index in [0.29, 0.717) is 12.3 Å². The number of nitriles is 1. The quantitative estimate of drug-likeness (QED) is 0.457. The molecule has 0 aliphatic carbocycles. The van der Waals surface area contributed by atoms with Crippen LogP contribution in [0.25, 0.3) is 0 Å². The van der Waals surface area contributed by atoms with Gasteiger partial charge in [-0.1, -0.05) is 30.0 Å². The van der Waals surface area contributed by atoms with Gasteiger partial charge in [-0.05, 0) is 43.4 Å². The molecule has 0 heterocycles. The van der Waals surface area contributed by atoms with E-state index in [1.54, 1.807) is 0 Å². The third-order valence-electron chi connectivity index (χ3n) is 3.08. The summed E-state index contributed by atoms with van der Waals surface area (Å²) in [4.78, 5) is 14.1. The third kappa shape index (κ3) is 6.34. The number of nitrogens with zero attached hydrogens (tertiary/aromatic N) is 2. The number of benzene rings is 2. The fraction of sp³-hybridized carbons (Fsp3) is 0.222. The molecule has 23 heavy (non-hydrogen) atoms. The van der Waals surface area contributed by atoms with Gasteiger partial charge in [0.05, 0.1) is 12.6 Å². The Morgan fingerprint density at radius 2 is 1.78 bits per heavy atom. The van der Waals surface area contributed by atoms with Gasteiger partial charge in [-0.3, -0.25) is 9.69 Å². The molecule has 0 spiro atoms. The molecular formula is C18H18IN2OS+. The van der Waals surface area contributed by atoms with Crippen LogP contribution < -0.4 is 21.2 Å². The Labute approximate surface area is 152 Å². The predicted molar refractivity (Wildman–Crippen MR) is 90.2 cm³/mol. The number of carbonyl (C=O) groups is 1. The minimum Gasteiger partial charge on any atom is -0.293 e. The van der Waals surface area contributed by atoms with Crippen LogP contribution in [-0.4, -0.2) is 35.9 Å². The summed E-state index contributed by atoms with van der Waals surface area (Å²) in [5.41, 5.74) is 0.749. The molecule has 5 heteroatoms. The second-order valence-corrected chi connectivity index (χ2v) is 9.03. The van der Waals surface area contributed by atoms with Crippen LogP contribution in [0.5, 0.6) is 0 Å². The van der Waals surface area contributed by atoms with E-state index in [2.05, 4.69) is 42.5 Å². The Balaban J connectivity index is 1.84. The molecule has 0 unspecified atom stereocenters. The fourth-order valence-corrected chi connectivity index (χ4v) is 4.93. The van der Waals surface area contributed by atoms with Crippen molar-refractivity contribution in [2.45, 2.75) is 0 Å². The van der Waals surface area contributed by atoms with Crippen molar-refractivity contribution in [1.82, 2.24) is 4.90 Å². The molecule has 2 aromatic carbocycles. The summed E-state index contributed by atoms with van der Waals surface area (Å²) in [5.74, 6) is 0.704. The lowest BCUT2D eigenvalue weighted by Crippen LogP contribution is -3.61. The van der Waals surface area contributed by atoms with Crippen LogP contribution in [0.3, 0.4) is 0 Å². The molecule has 0 radical (unpaired) electrons. The lowest BCUT2D eigenvalue weighted by atomic mass is 10.2. The molecule has 0 atom stereocenters. The SMILES string of the molecule is CN(CC#N)CCSC(=O)c1ccc([I+]c2ccccc2)cc1. The second kappa shape index (κ2) is 9.71. The average molecular weight is 437 g/mol. The summed E-state index contributed by atoms with van der Waals surface area (Å²) in [6.07, 6.45) is 0. The zero-order valence-electron chi connectivity index (χ0n) is 12.9. The number of thioether (sulfide) groups is 1. The van der Waals surface area contributed by atoms with Gasteiger partial charge in [-0.25, -0.2) is 0 Å². The monoisotopic (exact) mass is 437 g/mol. The fourth-order valence-electron chi connectivity index (χ4n) is 1.83. The van der Waals surface area contributed by atoms with Crippen molar-refractivity contribution in [3.63, 3.8) is 0 Å². The average Bonchev–Trinajstić information content (AvgIpc) is 2.56. The number of hydrogen-bond acceptors (Lipinski definition) is 4. The van der Waals surface area contributed by atoms with Crippen molar-refractivity contribution in [3.8, 4) is 6.07 Å².